The van der Waals surface area contributed by atoms with E-state index in [0.29, 0.717) is 11.7 Å². The molecule has 3 aliphatic heterocycles. The van der Waals surface area contributed by atoms with Crippen LogP contribution in [0.2, 0.25) is 0 Å². The fourth-order valence-electron chi connectivity index (χ4n) is 7.22. The first-order valence-electron chi connectivity index (χ1n) is 14.6. The van der Waals surface area contributed by atoms with Crippen LogP contribution in [0.4, 0.5) is 11.6 Å². The van der Waals surface area contributed by atoms with Crippen LogP contribution < -0.4 is 11.0 Å². The predicted octanol–water partition coefficient (Wildman–Crippen LogP) is 7.41. The van der Waals surface area contributed by atoms with Gasteiger partial charge in [-0.25, -0.2) is 20.0 Å². The third-order valence-electron chi connectivity index (χ3n) is 9.29. The lowest BCUT2D eigenvalue weighted by Crippen LogP contribution is -2.44. The Hall–Kier alpha value is -5.53. The van der Waals surface area contributed by atoms with Gasteiger partial charge in [-0.1, -0.05) is 72.8 Å². The van der Waals surface area contributed by atoms with Crippen LogP contribution >= 0.6 is 11.5 Å². The van der Waals surface area contributed by atoms with Crippen LogP contribution in [0.3, 0.4) is 0 Å². The van der Waals surface area contributed by atoms with Gasteiger partial charge in [0, 0.05) is 32.7 Å². The number of amidine groups is 2. The lowest BCUT2D eigenvalue weighted by atomic mass is 10.0. The molecule has 44 heavy (non-hydrogen) atoms. The summed E-state index contributed by atoms with van der Waals surface area (Å²) in [5.41, 5.74) is 3.45. The van der Waals surface area contributed by atoms with E-state index in [0.717, 1.165) is 87.6 Å². The van der Waals surface area contributed by atoms with Crippen molar-refractivity contribution in [2.24, 2.45) is 20.0 Å². The van der Waals surface area contributed by atoms with E-state index in [-0.39, 0.29) is 0 Å². The third kappa shape index (κ3) is 2.82. The Labute approximate surface area is 254 Å². The summed E-state index contributed by atoms with van der Waals surface area (Å²) >= 11 is 7.54. The summed E-state index contributed by atoms with van der Waals surface area (Å²) in [5, 5.41) is 10.8. The standard InChI is InChI=1S/C36H18BClN6/c38-37-43-33-27-15-21-9-3-5-11-23(21)17-29(27)35(43)42-36-30-18-24-12-6-4-10-22(24)16-28(30)34(44(36)37)41-32-26-14-20-8-2-1-7-19(20)13-25(26)31(39-32)40-33/h1-18H. The minimum atomic E-state index is -0.637. The number of nitrogens with zero attached hydrogens (tertiary/aromatic N) is 6. The molecule has 0 radical (unpaired) electrons. The number of fused-ring (bicyclic) bond motifs is 13. The highest BCUT2D eigenvalue weighted by molar-refractivity contribution is 7.05. The fourth-order valence-corrected chi connectivity index (χ4v) is 7.59. The molecule has 6 nitrogen and oxygen atoms in total. The Morgan fingerprint density at radius 3 is 1.36 bits per heavy atom. The molecule has 0 spiro atoms. The summed E-state index contributed by atoms with van der Waals surface area (Å²) in [6, 6.07) is 38.3. The molecular formula is C36H18BClN6. The van der Waals surface area contributed by atoms with Gasteiger partial charge in [0.1, 0.15) is 22.6 Å². The molecule has 8 aromatic rings. The molecule has 3 aliphatic rings. The molecular weight excluding hydrogens is 563 g/mol. The molecule has 0 aliphatic carbocycles. The summed E-state index contributed by atoms with van der Waals surface area (Å²) < 4.78 is 4.09. The van der Waals surface area contributed by atoms with Crippen molar-refractivity contribution in [3.63, 3.8) is 0 Å². The van der Waals surface area contributed by atoms with Gasteiger partial charge in [0.15, 0.2) is 11.7 Å². The van der Waals surface area contributed by atoms with Crippen LogP contribution in [-0.4, -0.2) is 27.0 Å². The van der Waals surface area contributed by atoms with Gasteiger partial charge in [0.05, 0.1) is 0 Å². The van der Waals surface area contributed by atoms with E-state index in [1.165, 1.54) is 0 Å². The van der Waals surface area contributed by atoms with Crippen molar-refractivity contribution in [2.75, 3.05) is 0 Å². The van der Waals surface area contributed by atoms with Crippen molar-refractivity contribution in [1.29, 1.82) is 0 Å². The summed E-state index contributed by atoms with van der Waals surface area (Å²) in [6.45, 7) is 0. The minimum Gasteiger partial charge on any atom is -0.319 e. The van der Waals surface area contributed by atoms with Crippen LogP contribution in [0.1, 0.15) is 11.1 Å². The van der Waals surface area contributed by atoms with Crippen LogP contribution in [0.5, 0.6) is 0 Å². The Morgan fingerprint density at radius 2 is 0.841 bits per heavy atom. The van der Waals surface area contributed by atoms with Crippen molar-refractivity contribution in [2.45, 2.75) is 0 Å². The third-order valence-corrected chi connectivity index (χ3v) is 9.68. The molecule has 0 saturated heterocycles. The second-order valence-electron chi connectivity index (χ2n) is 11.7. The van der Waals surface area contributed by atoms with Crippen molar-refractivity contribution >= 4 is 95.0 Å². The van der Waals surface area contributed by atoms with Gasteiger partial charge in [-0.05, 0) is 68.7 Å². The van der Waals surface area contributed by atoms with E-state index in [2.05, 4.69) is 109 Å². The van der Waals surface area contributed by atoms with Gasteiger partial charge in [0.2, 0.25) is 0 Å². The zero-order valence-electron chi connectivity index (χ0n) is 23.0. The Balaban J connectivity index is 1.39. The van der Waals surface area contributed by atoms with Gasteiger partial charge in [-0.2, -0.15) is 0 Å². The van der Waals surface area contributed by atoms with Crippen molar-refractivity contribution in [1.82, 2.24) is 8.96 Å². The van der Waals surface area contributed by atoms with E-state index < -0.39 is 6.40 Å². The first-order chi connectivity index (χ1) is 21.7. The van der Waals surface area contributed by atoms with Gasteiger partial charge >= 0.3 is 6.40 Å². The van der Waals surface area contributed by atoms with E-state index >= 15 is 0 Å². The lowest BCUT2D eigenvalue weighted by Gasteiger charge is -2.18. The fraction of sp³-hybridized carbons (Fsp3) is 0. The quantitative estimate of drug-likeness (QED) is 0.168. The molecule has 0 atom stereocenters. The number of hydrogen-bond acceptors (Lipinski definition) is 4. The highest BCUT2D eigenvalue weighted by Gasteiger charge is 2.36. The lowest BCUT2D eigenvalue weighted by molar-refractivity contribution is 0.938. The zero-order chi connectivity index (χ0) is 28.7. The molecule has 0 fully saturated rings. The second kappa shape index (κ2) is 7.89. The van der Waals surface area contributed by atoms with Crippen molar-refractivity contribution in [3.8, 4) is 0 Å². The van der Waals surface area contributed by atoms with Crippen LogP contribution in [0, 0.1) is 0 Å². The van der Waals surface area contributed by atoms with Crippen LogP contribution in [-0.2, 0) is 0 Å². The highest BCUT2D eigenvalue weighted by Crippen LogP contribution is 2.43. The van der Waals surface area contributed by atoms with E-state index in [9.17, 15) is 0 Å². The zero-order valence-corrected chi connectivity index (χ0v) is 23.8. The summed E-state index contributed by atoms with van der Waals surface area (Å²) in [5.74, 6) is 2.79. The number of aromatic nitrogens is 2. The van der Waals surface area contributed by atoms with Crippen LogP contribution in [0.25, 0.3) is 53.9 Å². The Morgan fingerprint density at radius 1 is 0.432 bits per heavy atom. The van der Waals surface area contributed by atoms with Crippen molar-refractivity contribution in [3.05, 3.63) is 131 Å². The average Bonchev–Trinajstić information content (AvgIpc) is 3.66. The van der Waals surface area contributed by atoms with Gasteiger partial charge < -0.3 is 8.96 Å². The number of hydrogen-bond donors (Lipinski definition) is 0. The Bertz CT molecular complexity index is 2860. The molecule has 4 bridgehead atoms. The number of aliphatic imine (C=N–C) groups is 2. The summed E-state index contributed by atoms with van der Waals surface area (Å²) in [6.07, 6.45) is -0.637. The molecule has 0 unspecified atom stereocenters. The van der Waals surface area contributed by atoms with Crippen molar-refractivity contribution < 1.29 is 0 Å². The molecule has 0 N–H and O–H groups in total. The van der Waals surface area contributed by atoms with Gasteiger partial charge in [-0.3, -0.25) is 0 Å². The second-order valence-corrected chi connectivity index (χ2v) is 12.1. The molecule has 8 heteroatoms. The first-order valence-corrected chi connectivity index (χ1v) is 15.1. The predicted molar refractivity (Wildman–Crippen MR) is 180 cm³/mol. The van der Waals surface area contributed by atoms with E-state index in [1.54, 1.807) is 0 Å². The summed E-state index contributed by atoms with van der Waals surface area (Å²) in [7, 11) is 0. The molecule has 0 saturated carbocycles. The monoisotopic (exact) mass is 580 g/mol. The average molecular weight is 581 g/mol. The molecule has 11 rings (SSSR count). The van der Waals surface area contributed by atoms with Gasteiger partial charge in [-0.15, -0.1) is 11.5 Å². The topological polar surface area (TPSA) is 59.3 Å². The SMILES string of the molecule is ClB1n2c3c4cc5ccccc5cc4c2N=c2c4cc5ccccc5cc4c(n21)=NC1=NC(=N3)c2cc3ccccc3cc21. The summed E-state index contributed by atoms with van der Waals surface area (Å²) in [4.78, 5) is 21.1. The number of benzene rings is 6. The normalized spacial score (nSPS) is 14.6. The first kappa shape index (κ1) is 23.0. The maximum Gasteiger partial charge on any atom is 0.499 e. The molecule has 202 valence electrons. The van der Waals surface area contributed by atoms with Crippen LogP contribution in [0.15, 0.2) is 129 Å². The molecule has 5 heterocycles. The molecule has 2 aromatic heterocycles. The van der Waals surface area contributed by atoms with Gasteiger partial charge in [0.25, 0.3) is 0 Å². The molecule has 6 aromatic carbocycles. The maximum absolute atomic E-state index is 7.54. The highest BCUT2D eigenvalue weighted by atomic mass is 35.5. The number of rotatable bonds is 0. The largest absolute Gasteiger partial charge is 0.499 e. The Kier molecular flexibility index (Phi) is 4.13. The van der Waals surface area contributed by atoms with E-state index in [1.807, 2.05) is 8.96 Å². The number of halogens is 1. The smallest absolute Gasteiger partial charge is 0.319 e. The molecule has 0 amide bonds. The maximum atomic E-state index is 7.54. The van der Waals surface area contributed by atoms with E-state index in [4.69, 9.17) is 31.4 Å². The minimum absolute atomic E-state index is 0.629.